The molecule has 0 bridgehead atoms. The number of carbonyl (C=O) groups is 1. The van der Waals surface area contributed by atoms with Gasteiger partial charge in [-0.1, -0.05) is 35.4 Å². The van der Waals surface area contributed by atoms with Crippen molar-refractivity contribution < 1.29 is 22.7 Å². The molecule has 0 fully saturated rings. The Bertz CT molecular complexity index is 1280. The Kier molecular flexibility index (Phi) is 7.61. The second-order valence-electron chi connectivity index (χ2n) is 7.33. The van der Waals surface area contributed by atoms with E-state index < -0.39 is 15.9 Å². The van der Waals surface area contributed by atoms with E-state index in [2.05, 4.69) is 15.9 Å². The average Bonchev–Trinajstić information content (AvgIpc) is 2.79. The summed E-state index contributed by atoms with van der Waals surface area (Å²) in [6, 6.07) is 16.6. The van der Waals surface area contributed by atoms with Crippen molar-refractivity contribution in [3.05, 3.63) is 87.9 Å². The number of halogens is 1. The number of methoxy groups -OCH3 is 2. The van der Waals surface area contributed by atoms with E-state index in [1.54, 1.807) is 48.5 Å². The maximum atomic E-state index is 13.4. The minimum absolute atomic E-state index is 0.0317. The van der Waals surface area contributed by atoms with Crippen LogP contribution in [-0.4, -0.2) is 28.5 Å². The monoisotopic (exact) mass is 529 g/mol. The molecular weight excluding hydrogens is 506 g/mol. The SMILES string of the molecule is COc1cc(/C=C/C(=O)N(c2ccc(C)cc2)S(=O)(=O)c2ccc(C)cc2)cc(Br)c1OC. The van der Waals surface area contributed by atoms with Crippen LogP contribution in [0.1, 0.15) is 16.7 Å². The number of rotatable bonds is 7. The molecule has 3 aromatic rings. The van der Waals surface area contributed by atoms with Crippen LogP contribution in [0, 0.1) is 13.8 Å². The number of amides is 1. The van der Waals surface area contributed by atoms with Crippen molar-refractivity contribution in [3.8, 4) is 11.5 Å². The fourth-order valence-corrected chi connectivity index (χ4v) is 5.16. The van der Waals surface area contributed by atoms with Gasteiger partial charge in [0.1, 0.15) is 0 Å². The van der Waals surface area contributed by atoms with Crippen LogP contribution in [0.2, 0.25) is 0 Å². The molecule has 0 unspecified atom stereocenters. The van der Waals surface area contributed by atoms with Crippen LogP contribution in [0.4, 0.5) is 5.69 Å². The van der Waals surface area contributed by atoms with E-state index in [9.17, 15) is 13.2 Å². The van der Waals surface area contributed by atoms with Crippen LogP contribution >= 0.6 is 15.9 Å². The summed E-state index contributed by atoms with van der Waals surface area (Å²) in [4.78, 5) is 13.3. The van der Waals surface area contributed by atoms with E-state index in [-0.39, 0.29) is 10.6 Å². The molecule has 0 atom stereocenters. The van der Waals surface area contributed by atoms with E-state index in [4.69, 9.17) is 9.47 Å². The van der Waals surface area contributed by atoms with Gasteiger partial charge in [0, 0.05) is 6.08 Å². The van der Waals surface area contributed by atoms with Gasteiger partial charge in [0.15, 0.2) is 11.5 Å². The van der Waals surface area contributed by atoms with Gasteiger partial charge in [0.25, 0.3) is 15.9 Å². The van der Waals surface area contributed by atoms with Gasteiger partial charge in [-0.3, -0.25) is 4.79 Å². The van der Waals surface area contributed by atoms with E-state index in [1.165, 1.54) is 38.5 Å². The van der Waals surface area contributed by atoms with E-state index in [0.717, 1.165) is 15.4 Å². The number of carbonyl (C=O) groups excluding carboxylic acids is 1. The van der Waals surface area contributed by atoms with Crippen molar-refractivity contribution in [2.45, 2.75) is 18.7 Å². The molecule has 0 N–H and O–H groups in total. The van der Waals surface area contributed by atoms with Crippen molar-refractivity contribution in [3.63, 3.8) is 0 Å². The molecule has 172 valence electrons. The van der Waals surface area contributed by atoms with Crippen LogP contribution in [0.15, 0.2) is 76.1 Å². The number of aryl methyl sites for hydroxylation is 2. The number of ether oxygens (including phenoxy) is 2. The highest BCUT2D eigenvalue weighted by molar-refractivity contribution is 9.10. The minimum Gasteiger partial charge on any atom is -0.493 e. The van der Waals surface area contributed by atoms with E-state index >= 15 is 0 Å². The predicted molar refractivity (Wildman–Crippen MR) is 133 cm³/mol. The molecule has 8 heteroatoms. The number of hydrogen-bond donors (Lipinski definition) is 0. The molecule has 0 aromatic heterocycles. The quantitative estimate of drug-likeness (QED) is 0.377. The Hall–Kier alpha value is -3.10. The summed E-state index contributed by atoms with van der Waals surface area (Å²) >= 11 is 3.42. The lowest BCUT2D eigenvalue weighted by molar-refractivity contribution is -0.113. The van der Waals surface area contributed by atoms with Crippen molar-refractivity contribution in [2.75, 3.05) is 18.5 Å². The first kappa shape index (κ1) is 24.5. The topological polar surface area (TPSA) is 72.9 Å². The summed E-state index contributed by atoms with van der Waals surface area (Å²) in [6.07, 6.45) is 2.75. The average molecular weight is 530 g/mol. The van der Waals surface area contributed by atoms with E-state index in [0.29, 0.717) is 21.5 Å². The normalized spacial score (nSPS) is 11.4. The maximum Gasteiger partial charge on any atom is 0.271 e. The fourth-order valence-electron chi connectivity index (χ4n) is 3.15. The zero-order valence-corrected chi connectivity index (χ0v) is 21.1. The molecule has 0 radical (unpaired) electrons. The zero-order chi connectivity index (χ0) is 24.2. The summed E-state index contributed by atoms with van der Waals surface area (Å²) in [6.45, 7) is 3.75. The number of nitrogens with zero attached hydrogens (tertiary/aromatic N) is 1. The van der Waals surface area contributed by atoms with Gasteiger partial charge < -0.3 is 9.47 Å². The second kappa shape index (κ2) is 10.2. The molecular formula is C25H24BrNO5S. The lowest BCUT2D eigenvalue weighted by Gasteiger charge is -2.21. The summed E-state index contributed by atoms with van der Waals surface area (Å²) < 4.78 is 39.0. The predicted octanol–water partition coefficient (Wildman–Crippen LogP) is 5.52. The van der Waals surface area contributed by atoms with Gasteiger partial charge in [0.2, 0.25) is 0 Å². The first-order chi connectivity index (χ1) is 15.7. The molecule has 3 aromatic carbocycles. The first-order valence-corrected chi connectivity index (χ1v) is 12.2. The molecule has 0 aliphatic carbocycles. The molecule has 1 amide bonds. The van der Waals surface area contributed by atoms with Crippen LogP contribution in [0.25, 0.3) is 6.08 Å². The Morgan fingerprint density at radius 2 is 1.48 bits per heavy atom. The van der Waals surface area contributed by atoms with Crippen molar-refractivity contribution >= 4 is 43.6 Å². The minimum atomic E-state index is -4.14. The number of hydrogen-bond acceptors (Lipinski definition) is 5. The molecule has 0 saturated carbocycles. The summed E-state index contributed by atoms with van der Waals surface area (Å²) in [7, 11) is -1.11. The summed E-state index contributed by atoms with van der Waals surface area (Å²) in [5.41, 5.74) is 2.75. The molecule has 33 heavy (non-hydrogen) atoms. The van der Waals surface area contributed by atoms with E-state index in [1.807, 2.05) is 13.8 Å². The van der Waals surface area contributed by atoms with Crippen LogP contribution in [0.5, 0.6) is 11.5 Å². The largest absolute Gasteiger partial charge is 0.493 e. The van der Waals surface area contributed by atoms with Gasteiger partial charge >= 0.3 is 0 Å². The molecule has 0 spiro atoms. The third-order valence-corrected chi connectivity index (χ3v) is 7.23. The standard InChI is InChI=1S/C25H24BrNO5S/c1-17-5-10-20(11-6-17)27(33(29,30)21-12-7-18(2)8-13-21)24(28)14-9-19-15-22(26)25(32-4)23(16-19)31-3/h5-16H,1-4H3/b14-9+. The lowest BCUT2D eigenvalue weighted by atomic mass is 10.2. The van der Waals surface area contributed by atoms with Crippen molar-refractivity contribution in [1.82, 2.24) is 0 Å². The van der Waals surface area contributed by atoms with Crippen molar-refractivity contribution in [1.29, 1.82) is 0 Å². The third-order valence-electron chi connectivity index (χ3n) is 4.90. The summed E-state index contributed by atoms with van der Waals surface area (Å²) in [5.74, 6) is 0.288. The van der Waals surface area contributed by atoms with Gasteiger partial charge in [0.05, 0.1) is 29.3 Å². The molecule has 3 rings (SSSR count). The van der Waals surface area contributed by atoms with Crippen LogP contribution in [-0.2, 0) is 14.8 Å². The van der Waals surface area contributed by atoms with Gasteiger partial charge in [-0.05, 0) is 77.8 Å². The Morgan fingerprint density at radius 3 is 2.03 bits per heavy atom. The Morgan fingerprint density at radius 1 is 0.909 bits per heavy atom. The molecule has 0 aliphatic rings. The van der Waals surface area contributed by atoms with Crippen LogP contribution in [0.3, 0.4) is 0 Å². The number of anilines is 1. The Balaban J connectivity index is 2.04. The highest BCUT2D eigenvalue weighted by Gasteiger charge is 2.29. The molecule has 0 saturated heterocycles. The van der Waals surface area contributed by atoms with Gasteiger partial charge in [-0.15, -0.1) is 0 Å². The first-order valence-electron chi connectivity index (χ1n) is 9.99. The zero-order valence-electron chi connectivity index (χ0n) is 18.7. The smallest absolute Gasteiger partial charge is 0.271 e. The highest BCUT2D eigenvalue weighted by atomic mass is 79.9. The maximum absolute atomic E-state index is 13.4. The number of sulfonamides is 1. The number of benzene rings is 3. The molecule has 0 heterocycles. The highest BCUT2D eigenvalue weighted by Crippen LogP contribution is 2.36. The van der Waals surface area contributed by atoms with Crippen LogP contribution < -0.4 is 13.8 Å². The lowest BCUT2D eigenvalue weighted by Crippen LogP contribution is -2.35. The third kappa shape index (κ3) is 5.46. The Labute approximate surface area is 202 Å². The second-order valence-corrected chi connectivity index (χ2v) is 9.97. The van der Waals surface area contributed by atoms with Gasteiger partial charge in [-0.2, -0.15) is 4.31 Å². The molecule has 0 aliphatic heterocycles. The summed E-state index contributed by atoms with van der Waals surface area (Å²) in [5, 5.41) is 0. The van der Waals surface area contributed by atoms with Gasteiger partial charge in [-0.25, -0.2) is 8.42 Å². The van der Waals surface area contributed by atoms with Crippen molar-refractivity contribution in [2.24, 2.45) is 0 Å². The molecule has 6 nitrogen and oxygen atoms in total. The fraction of sp³-hybridized carbons (Fsp3) is 0.160.